The fourth-order valence-electron chi connectivity index (χ4n) is 3.24. The molecular weight excluding hydrogens is 380 g/mol. The van der Waals surface area contributed by atoms with E-state index in [9.17, 15) is 13.6 Å². The lowest BCUT2D eigenvalue weighted by Gasteiger charge is -2.16. The van der Waals surface area contributed by atoms with Crippen molar-refractivity contribution in [3.8, 4) is 17.2 Å². The molecule has 0 heterocycles. The molecule has 0 saturated heterocycles. The Morgan fingerprint density at radius 1 is 1.10 bits per heavy atom. The van der Waals surface area contributed by atoms with E-state index in [0.29, 0.717) is 17.0 Å². The molecule has 2 aromatic carbocycles. The van der Waals surface area contributed by atoms with Crippen LogP contribution in [-0.4, -0.2) is 25.7 Å². The number of hydrogen-bond acceptors (Lipinski definition) is 4. The number of alkyl halides is 2. The molecule has 3 rings (SSSR count). The molecule has 0 aliphatic heterocycles. The number of carbonyl (C=O) groups excluding carboxylic acids is 1. The molecule has 7 heteroatoms. The molecule has 1 aliphatic carbocycles. The molecule has 29 heavy (non-hydrogen) atoms. The van der Waals surface area contributed by atoms with Gasteiger partial charge < -0.3 is 19.5 Å². The molecule has 1 N–H and O–H groups in total. The van der Waals surface area contributed by atoms with Crippen LogP contribution in [0.1, 0.15) is 31.2 Å². The summed E-state index contributed by atoms with van der Waals surface area (Å²) in [5, 5.41) is 2.77. The average molecular weight is 403 g/mol. The number of rotatable bonds is 8. The van der Waals surface area contributed by atoms with Crippen LogP contribution in [0.5, 0.6) is 17.2 Å². The van der Waals surface area contributed by atoms with E-state index in [1.54, 1.807) is 24.3 Å². The number of para-hydroxylation sites is 3. The Hall–Kier alpha value is -3.09. The first-order valence-electron chi connectivity index (χ1n) is 9.43. The summed E-state index contributed by atoms with van der Waals surface area (Å²) in [7, 11) is 1.36. The Labute approximate surface area is 168 Å². The first-order chi connectivity index (χ1) is 14.1. The summed E-state index contributed by atoms with van der Waals surface area (Å²) in [5.41, 5.74) is 0.860. The van der Waals surface area contributed by atoms with Crippen LogP contribution < -0.4 is 19.5 Å². The zero-order valence-corrected chi connectivity index (χ0v) is 16.1. The van der Waals surface area contributed by atoms with E-state index in [4.69, 9.17) is 9.47 Å². The molecule has 1 saturated carbocycles. The van der Waals surface area contributed by atoms with Crippen molar-refractivity contribution in [3.63, 3.8) is 0 Å². The van der Waals surface area contributed by atoms with E-state index in [1.165, 1.54) is 25.3 Å². The van der Waals surface area contributed by atoms with Crippen LogP contribution >= 0.6 is 0 Å². The lowest BCUT2D eigenvalue weighted by atomic mass is 10.1. The number of ether oxygens (including phenoxy) is 3. The molecule has 1 amide bonds. The minimum atomic E-state index is -3.01. The maximum Gasteiger partial charge on any atom is 0.387 e. The van der Waals surface area contributed by atoms with Gasteiger partial charge in [0.05, 0.1) is 18.9 Å². The topological polar surface area (TPSA) is 56.8 Å². The van der Waals surface area contributed by atoms with Crippen molar-refractivity contribution in [1.29, 1.82) is 0 Å². The molecular formula is C22H23F2NO4. The molecule has 2 aromatic rings. The maximum absolute atomic E-state index is 12.7. The van der Waals surface area contributed by atoms with Crippen LogP contribution in [0.15, 0.2) is 48.5 Å². The number of amides is 1. The highest BCUT2D eigenvalue weighted by Gasteiger charge is 2.18. The standard InChI is InChI=1S/C22H23F2NO4/c1-27-19-12-6-7-15(21(19)29-22(23)24)13-14-20(26)25-17-10-4-5-11-18(17)28-16-8-2-3-9-16/h4-7,10-14,16,22H,2-3,8-9H2,1H3,(H,25,26)/b14-13+. The summed E-state index contributed by atoms with van der Waals surface area (Å²) in [5.74, 6) is 0.227. The van der Waals surface area contributed by atoms with Gasteiger partial charge in [-0.3, -0.25) is 4.79 Å². The number of carbonyl (C=O) groups is 1. The molecule has 0 spiro atoms. The van der Waals surface area contributed by atoms with Crippen molar-refractivity contribution in [1.82, 2.24) is 0 Å². The average Bonchev–Trinajstić information content (AvgIpc) is 3.21. The van der Waals surface area contributed by atoms with Crippen LogP contribution in [-0.2, 0) is 4.79 Å². The molecule has 1 aliphatic rings. The van der Waals surface area contributed by atoms with Crippen LogP contribution in [0.2, 0.25) is 0 Å². The van der Waals surface area contributed by atoms with Gasteiger partial charge in [-0.25, -0.2) is 0 Å². The molecule has 154 valence electrons. The minimum absolute atomic E-state index is 0.126. The molecule has 0 unspecified atom stereocenters. The second-order valence-corrected chi connectivity index (χ2v) is 6.60. The van der Waals surface area contributed by atoms with E-state index in [-0.39, 0.29) is 17.6 Å². The zero-order valence-electron chi connectivity index (χ0n) is 16.1. The van der Waals surface area contributed by atoms with Gasteiger partial charge in [-0.15, -0.1) is 0 Å². The summed E-state index contributed by atoms with van der Waals surface area (Å²) >= 11 is 0. The third-order valence-corrected chi connectivity index (χ3v) is 4.59. The van der Waals surface area contributed by atoms with Crippen molar-refractivity contribution in [2.75, 3.05) is 12.4 Å². The van der Waals surface area contributed by atoms with E-state index < -0.39 is 12.5 Å². The fraction of sp³-hybridized carbons (Fsp3) is 0.318. The summed E-state index contributed by atoms with van der Waals surface area (Å²) in [6.45, 7) is -3.01. The highest BCUT2D eigenvalue weighted by molar-refractivity contribution is 6.03. The normalized spacial score (nSPS) is 14.3. The third-order valence-electron chi connectivity index (χ3n) is 4.59. The SMILES string of the molecule is COc1cccc(/C=C/C(=O)Nc2ccccc2OC2CCCC2)c1OC(F)F. The van der Waals surface area contributed by atoms with Gasteiger partial charge in [-0.1, -0.05) is 24.3 Å². The van der Waals surface area contributed by atoms with Gasteiger partial charge in [-0.05, 0) is 50.0 Å². The van der Waals surface area contributed by atoms with Gasteiger partial charge in [0.25, 0.3) is 0 Å². The monoisotopic (exact) mass is 403 g/mol. The Kier molecular flexibility index (Phi) is 7.05. The molecule has 0 bridgehead atoms. The largest absolute Gasteiger partial charge is 0.493 e. The van der Waals surface area contributed by atoms with Gasteiger partial charge in [0.1, 0.15) is 5.75 Å². The second kappa shape index (κ2) is 9.91. The lowest BCUT2D eigenvalue weighted by molar-refractivity contribution is -0.111. The second-order valence-electron chi connectivity index (χ2n) is 6.60. The minimum Gasteiger partial charge on any atom is -0.493 e. The zero-order chi connectivity index (χ0) is 20.6. The Bertz CT molecular complexity index is 864. The Morgan fingerprint density at radius 2 is 1.83 bits per heavy atom. The van der Waals surface area contributed by atoms with Crippen molar-refractivity contribution in [3.05, 3.63) is 54.1 Å². The summed E-state index contributed by atoms with van der Waals surface area (Å²) in [4.78, 5) is 12.4. The highest BCUT2D eigenvalue weighted by atomic mass is 19.3. The molecule has 0 aromatic heterocycles. The van der Waals surface area contributed by atoms with E-state index in [1.807, 2.05) is 12.1 Å². The van der Waals surface area contributed by atoms with Gasteiger partial charge in [0.2, 0.25) is 5.91 Å². The number of methoxy groups -OCH3 is 1. The fourth-order valence-corrected chi connectivity index (χ4v) is 3.24. The Balaban J connectivity index is 1.72. The lowest BCUT2D eigenvalue weighted by Crippen LogP contribution is -2.14. The molecule has 0 atom stereocenters. The molecule has 5 nitrogen and oxygen atoms in total. The smallest absolute Gasteiger partial charge is 0.387 e. The third kappa shape index (κ3) is 5.70. The van der Waals surface area contributed by atoms with Crippen LogP contribution in [0.25, 0.3) is 6.08 Å². The summed E-state index contributed by atoms with van der Waals surface area (Å²) in [6.07, 6.45) is 7.11. The predicted molar refractivity (Wildman–Crippen MR) is 107 cm³/mol. The maximum atomic E-state index is 12.7. The first-order valence-corrected chi connectivity index (χ1v) is 9.43. The van der Waals surface area contributed by atoms with Crippen LogP contribution in [0, 0.1) is 0 Å². The van der Waals surface area contributed by atoms with E-state index >= 15 is 0 Å². The van der Waals surface area contributed by atoms with E-state index in [2.05, 4.69) is 10.1 Å². The summed E-state index contributed by atoms with van der Waals surface area (Å²) < 4.78 is 41.1. The van der Waals surface area contributed by atoms with Crippen LogP contribution in [0.4, 0.5) is 14.5 Å². The van der Waals surface area contributed by atoms with Gasteiger partial charge in [0, 0.05) is 11.6 Å². The van der Waals surface area contributed by atoms with Crippen molar-refractivity contribution in [2.45, 2.75) is 38.4 Å². The van der Waals surface area contributed by atoms with E-state index in [0.717, 1.165) is 25.7 Å². The number of benzene rings is 2. The number of hydrogen-bond donors (Lipinski definition) is 1. The first kappa shape index (κ1) is 20.6. The number of anilines is 1. The van der Waals surface area contributed by atoms with Crippen molar-refractivity contribution < 1.29 is 27.8 Å². The molecule has 1 fully saturated rings. The number of nitrogens with one attached hydrogen (secondary N) is 1. The highest BCUT2D eigenvalue weighted by Crippen LogP contribution is 2.33. The van der Waals surface area contributed by atoms with Crippen molar-refractivity contribution in [2.24, 2.45) is 0 Å². The quantitative estimate of drug-likeness (QED) is 0.610. The van der Waals surface area contributed by atoms with Gasteiger partial charge >= 0.3 is 6.61 Å². The van der Waals surface area contributed by atoms with Crippen LogP contribution in [0.3, 0.4) is 0 Å². The van der Waals surface area contributed by atoms with Crippen molar-refractivity contribution >= 4 is 17.7 Å². The summed E-state index contributed by atoms with van der Waals surface area (Å²) in [6, 6.07) is 11.9. The Morgan fingerprint density at radius 3 is 2.55 bits per heavy atom. The van der Waals surface area contributed by atoms with Gasteiger partial charge in [-0.2, -0.15) is 8.78 Å². The predicted octanol–water partition coefficient (Wildman–Crippen LogP) is 5.27. The molecule has 0 radical (unpaired) electrons. The van der Waals surface area contributed by atoms with Gasteiger partial charge in [0.15, 0.2) is 11.5 Å². The number of halogens is 2.